The van der Waals surface area contributed by atoms with E-state index in [0.717, 1.165) is 10.9 Å². The Morgan fingerprint density at radius 1 is 0.909 bits per heavy atom. The van der Waals surface area contributed by atoms with Crippen LogP contribution in [-0.2, 0) is 6.54 Å². The van der Waals surface area contributed by atoms with Gasteiger partial charge in [0.1, 0.15) is 0 Å². The molecule has 110 valence electrons. The highest BCUT2D eigenvalue weighted by atomic mass is 35.5. The van der Waals surface area contributed by atoms with Crippen LogP contribution in [0.4, 0.5) is 10.5 Å². The summed E-state index contributed by atoms with van der Waals surface area (Å²) in [7, 11) is 0. The minimum Gasteiger partial charge on any atom is -0.334 e. The van der Waals surface area contributed by atoms with E-state index in [4.69, 9.17) is 11.6 Å². The van der Waals surface area contributed by atoms with Crippen LogP contribution in [0.3, 0.4) is 0 Å². The van der Waals surface area contributed by atoms with Gasteiger partial charge in [-0.2, -0.15) is 0 Å². The second kappa shape index (κ2) is 6.50. The quantitative estimate of drug-likeness (QED) is 0.716. The van der Waals surface area contributed by atoms with E-state index in [0.29, 0.717) is 17.3 Å². The summed E-state index contributed by atoms with van der Waals surface area (Å²) in [6.45, 7) is 0.469. The summed E-state index contributed by atoms with van der Waals surface area (Å²) in [4.78, 5) is 11.9. The van der Waals surface area contributed by atoms with Crippen LogP contribution in [0.2, 0.25) is 5.02 Å². The molecule has 0 aliphatic rings. The van der Waals surface area contributed by atoms with Crippen LogP contribution in [0.1, 0.15) is 5.56 Å². The van der Waals surface area contributed by atoms with Crippen molar-refractivity contribution in [1.82, 2.24) is 5.32 Å². The van der Waals surface area contributed by atoms with Gasteiger partial charge >= 0.3 is 6.03 Å². The average Bonchev–Trinajstić information content (AvgIpc) is 2.53. The van der Waals surface area contributed by atoms with Crippen molar-refractivity contribution >= 4 is 34.1 Å². The number of rotatable bonds is 3. The summed E-state index contributed by atoms with van der Waals surface area (Å²) in [5, 5.41) is 8.54. The molecule has 0 unspecified atom stereocenters. The third kappa shape index (κ3) is 3.57. The van der Waals surface area contributed by atoms with Gasteiger partial charge in [-0.1, -0.05) is 54.1 Å². The van der Waals surface area contributed by atoms with E-state index < -0.39 is 0 Å². The number of hydrogen-bond acceptors (Lipinski definition) is 1. The molecule has 4 heteroatoms. The van der Waals surface area contributed by atoms with E-state index in [1.165, 1.54) is 5.39 Å². The summed E-state index contributed by atoms with van der Waals surface area (Å²) in [6, 6.07) is 21.1. The molecule has 0 spiro atoms. The first-order valence-electron chi connectivity index (χ1n) is 6.99. The first-order valence-corrected chi connectivity index (χ1v) is 7.36. The normalized spacial score (nSPS) is 10.4. The van der Waals surface area contributed by atoms with Crippen LogP contribution in [0, 0.1) is 0 Å². The molecule has 0 aliphatic carbocycles. The Bertz CT molecular complexity index is 817. The fraction of sp³-hybridized carbons (Fsp3) is 0.0556. The minimum atomic E-state index is -0.254. The average molecular weight is 311 g/mol. The lowest BCUT2D eigenvalue weighted by Gasteiger charge is -2.08. The molecule has 0 radical (unpaired) electrons. The van der Waals surface area contributed by atoms with Gasteiger partial charge in [0.05, 0.1) is 0 Å². The molecule has 0 saturated heterocycles. The van der Waals surface area contributed by atoms with Gasteiger partial charge in [0.15, 0.2) is 0 Å². The van der Waals surface area contributed by atoms with Gasteiger partial charge in [0.25, 0.3) is 0 Å². The van der Waals surface area contributed by atoms with E-state index in [1.807, 2.05) is 18.2 Å². The number of nitrogens with one attached hydrogen (secondary N) is 2. The van der Waals surface area contributed by atoms with Gasteiger partial charge in [-0.3, -0.25) is 0 Å². The van der Waals surface area contributed by atoms with Crippen LogP contribution in [0.5, 0.6) is 0 Å². The lowest BCUT2D eigenvalue weighted by atomic mass is 10.1. The Kier molecular flexibility index (Phi) is 4.26. The Morgan fingerprint density at radius 2 is 1.73 bits per heavy atom. The van der Waals surface area contributed by atoms with Crippen molar-refractivity contribution in [2.75, 3.05) is 5.32 Å². The third-order valence-corrected chi connectivity index (χ3v) is 3.58. The van der Waals surface area contributed by atoms with Gasteiger partial charge in [-0.05, 0) is 40.6 Å². The van der Waals surface area contributed by atoms with Gasteiger partial charge in [-0.15, -0.1) is 0 Å². The fourth-order valence-corrected chi connectivity index (χ4v) is 2.46. The largest absolute Gasteiger partial charge is 0.334 e. The number of anilines is 1. The zero-order valence-corrected chi connectivity index (χ0v) is 12.6. The van der Waals surface area contributed by atoms with Crippen molar-refractivity contribution in [1.29, 1.82) is 0 Å². The molecule has 0 heterocycles. The van der Waals surface area contributed by atoms with Crippen molar-refractivity contribution in [2.24, 2.45) is 0 Å². The van der Waals surface area contributed by atoms with E-state index in [9.17, 15) is 4.79 Å². The summed E-state index contributed by atoms with van der Waals surface area (Å²) >= 11 is 5.89. The number of benzene rings is 3. The molecule has 0 atom stereocenters. The highest BCUT2D eigenvalue weighted by Crippen LogP contribution is 2.16. The molecule has 3 aromatic carbocycles. The maximum absolute atomic E-state index is 11.9. The summed E-state index contributed by atoms with van der Waals surface area (Å²) in [6.07, 6.45) is 0. The Balaban J connectivity index is 1.62. The van der Waals surface area contributed by atoms with Crippen molar-refractivity contribution in [3.63, 3.8) is 0 Å². The van der Waals surface area contributed by atoms with Crippen LogP contribution in [0.25, 0.3) is 10.8 Å². The lowest BCUT2D eigenvalue weighted by molar-refractivity contribution is 0.251. The summed E-state index contributed by atoms with van der Waals surface area (Å²) < 4.78 is 0. The number of carbonyl (C=O) groups is 1. The third-order valence-electron chi connectivity index (χ3n) is 3.35. The van der Waals surface area contributed by atoms with Gasteiger partial charge < -0.3 is 10.6 Å². The van der Waals surface area contributed by atoms with Crippen molar-refractivity contribution in [2.45, 2.75) is 6.54 Å². The first kappa shape index (κ1) is 14.4. The predicted molar refractivity (Wildman–Crippen MR) is 91.3 cm³/mol. The monoisotopic (exact) mass is 310 g/mol. The van der Waals surface area contributed by atoms with Crippen molar-refractivity contribution < 1.29 is 4.79 Å². The number of hydrogen-bond donors (Lipinski definition) is 2. The molecular formula is C18H15ClN2O. The van der Waals surface area contributed by atoms with E-state index in [2.05, 4.69) is 34.9 Å². The molecule has 3 rings (SSSR count). The van der Waals surface area contributed by atoms with Gasteiger partial charge in [-0.25, -0.2) is 4.79 Å². The number of halogens is 1. The molecule has 0 bridgehead atoms. The van der Waals surface area contributed by atoms with Crippen LogP contribution in [-0.4, -0.2) is 6.03 Å². The smallest absolute Gasteiger partial charge is 0.319 e. The topological polar surface area (TPSA) is 41.1 Å². The molecule has 3 aromatic rings. The highest BCUT2D eigenvalue weighted by Gasteiger charge is 2.03. The number of amides is 2. The van der Waals surface area contributed by atoms with Crippen LogP contribution in [0.15, 0.2) is 66.7 Å². The zero-order chi connectivity index (χ0) is 15.4. The number of fused-ring (bicyclic) bond motifs is 1. The lowest BCUT2D eigenvalue weighted by Crippen LogP contribution is -2.28. The van der Waals surface area contributed by atoms with Gasteiger partial charge in [0, 0.05) is 17.3 Å². The van der Waals surface area contributed by atoms with Gasteiger partial charge in [0.2, 0.25) is 0 Å². The number of carbonyl (C=O) groups excluding carboxylic acids is 1. The summed E-state index contributed by atoms with van der Waals surface area (Å²) in [5.74, 6) is 0. The van der Waals surface area contributed by atoms with E-state index in [1.54, 1.807) is 24.3 Å². The second-order valence-electron chi connectivity index (χ2n) is 5.00. The highest BCUT2D eigenvalue weighted by molar-refractivity contribution is 6.30. The molecular weight excluding hydrogens is 296 g/mol. The van der Waals surface area contributed by atoms with Crippen LogP contribution < -0.4 is 10.6 Å². The number of urea groups is 1. The maximum Gasteiger partial charge on any atom is 0.319 e. The first-order chi connectivity index (χ1) is 10.7. The van der Waals surface area contributed by atoms with E-state index in [-0.39, 0.29) is 6.03 Å². The molecule has 22 heavy (non-hydrogen) atoms. The molecule has 0 fully saturated rings. The van der Waals surface area contributed by atoms with Crippen LogP contribution >= 0.6 is 11.6 Å². The Labute approximate surface area is 133 Å². The molecule has 0 aromatic heterocycles. The molecule has 0 aliphatic heterocycles. The van der Waals surface area contributed by atoms with Crippen molar-refractivity contribution in [3.05, 3.63) is 77.3 Å². The Morgan fingerprint density at radius 3 is 2.55 bits per heavy atom. The standard InChI is InChI=1S/C18H15ClN2O/c19-16-6-3-7-17(11-16)21-18(22)20-12-13-8-9-14-4-1-2-5-15(14)10-13/h1-11H,12H2,(H2,20,21,22). The molecule has 2 amide bonds. The SMILES string of the molecule is O=C(NCc1ccc2ccccc2c1)Nc1cccc(Cl)c1. The Hall–Kier alpha value is -2.52. The zero-order valence-electron chi connectivity index (χ0n) is 11.8. The fourth-order valence-electron chi connectivity index (χ4n) is 2.27. The summed E-state index contributed by atoms with van der Waals surface area (Å²) in [5.41, 5.74) is 1.73. The van der Waals surface area contributed by atoms with Crippen molar-refractivity contribution in [3.8, 4) is 0 Å². The van der Waals surface area contributed by atoms with E-state index >= 15 is 0 Å². The molecule has 2 N–H and O–H groups in total. The molecule has 0 saturated carbocycles. The molecule has 3 nitrogen and oxygen atoms in total. The maximum atomic E-state index is 11.9. The second-order valence-corrected chi connectivity index (χ2v) is 5.44. The minimum absolute atomic E-state index is 0.254. The predicted octanol–water partition coefficient (Wildman–Crippen LogP) is 4.81.